The Morgan fingerprint density at radius 1 is 1.47 bits per heavy atom. The quantitative estimate of drug-likeness (QED) is 0.779. The molecule has 0 aliphatic heterocycles. The van der Waals surface area contributed by atoms with Gasteiger partial charge in [0.1, 0.15) is 11.6 Å². The van der Waals surface area contributed by atoms with Crippen LogP contribution in [0.1, 0.15) is 6.92 Å². The van der Waals surface area contributed by atoms with E-state index in [1.54, 1.807) is 6.92 Å². The molecule has 0 spiro atoms. The molecule has 2 amide bonds. The van der Waals surface area contributed by atoms with Gasteiger partial charge in [-0.05, 0) is 25.3 Å². The van der Waals surface area contributed by atoms with Gasteiger partial charge in [0.15, 0.2) is 0 Å². The molecule has 0 bridgehead atoms. The van der Waals surface area contributed by atoms with Gasteiger partial charge in [0.2, 0.25) is 0 Å². The highest BCUT2D eigenvalue weighted by atomic mass is 32.2. The molecule has 4 nitrogen and oxygen atoms in total. The van der Waals surface area contributed by atoms with Crippen molar-refractivity contribution in [3.8, 4) is 0 Å². The largest absolute Gasteiger partial charge is 0.395 e. The SMILES string of the molecule is CSC(CO)C(C)NC(=O)Nc1cc(F)ccc1F. The molecule has 0 radical (unpaired) electrons. The molecule has 3 N–H and O–H groups in total. The van der Waals surface area contributed by atoms with Gasteiger partial charge in [0.25, 0.3) is 0 Å². The number of hydrogen-bond acceptors (Lipinski definition) is 3. The number of carbonyl (C=O) groups is 1. The molecule has 1 aromatic rings. The molecule has 0 aliphatic carbocycles. The average Bonchev–Trinajstić information content (AvgIpc) is 2.35. The first kappa shape index (κ1) is 15.7. The van der Waals surface area contributed by atoms with Gasteiger partial charge in [0, 0.05) is 17.4 Å². The number of aliphatic hydroxyl groups is 1. The Morgan fingerprint density at radius 3 is 2.74 bits per heavy atom. The van der Waals surface area contributed by atoms with Gasteiger partial charge in [-0.15, -0.1) is 0 Å². The molecular formula is C12H16F2N2O2S. The summed E-state index contributed by atoms with van der Waals surface area (Å²) in [5.74, 6) is -1.35. The number of carbonyl (C=O) groups excluding carboxylic acids is 1. The molecule has 1 rings (SSSR count). The van der Waals surface area contributed by atoms with Crippen LogP contribution in [-0.4, -0.2) is 35.3 Å². The number of amides is 2. The summed E-state index contributed by atoms with van der Waals surface area (Å²) in [6.07, 6.45) is 1.81. The molecule has 0 aliphatic rings. The Bertz CT molecular complexity index is 442. The van der Waals surface area contributed by atoms with Crippen molar-refractivity contribution in [2.24, 2.45) is 0 Å². The van der Waals surface area contributed by atoms with Crippen LogP contribution in [0.2, 0.25) is 0 Å². The molecule has 7 heteroatoms. The summed E-state index contributed by atoms with van der Waals surface area (Å²) >= 11 is 1.41. The zero-order valence-electron chi connectivity index (χ0n) is 10.6. The van der Waals surface area contributed by atoms with Crippen LogP contribution >= 0.6 is 11.8 Å². The van der Waals surface area contributed by atoms with Crippen LogP contribution in [0.3, 0.4) is 0 Å². The zero-order chi connectivity index (χ0) is 14.4. The van der Waals surface area contributed by atoms with Crippen LogP contribution in [0.4, 0.5) is 19.3 Å². The van der Waals surface area contributed by atoms with Gasteiger partial charge >= 0.3 is 6.03 Å². The monoisotopic (exact) mass is 290 g/mol. The summed E-state index contributed by atoms with van der Waals surface area (Å²) < 4.78 is 26.2. The van der Waals surface area contributed by atoms with Crippen LogP contribution in [-0.2, 0) is 0 Å². The Balaban J connectivity index is 2.62. The minimum atomic E-state index is -0.715. The minimum Gasteiger partial charge on any atom is -0.395 e. The number of benzene rings is 1. The topological polar surface area (TPSA) is 61.4 Å². The summed E-state index contributed by atoms with van der Waals surface area (Å²) in [5, 5.41) is 13.7. The lowest BCUT2D eigenvalue weighted by molar-refractivity contribution is 0.243. The summed E-state index contributed by atoms with van der Waals surface area (Å²) in [4.78, 5) is 11.6. The molecule has 0 saturated carbocycles. The maximum Gasteiger partial charge on any atom is 0.319 e. The molecule has 0 heterocycles. The fourth-order valence-electron chi connectivity index (χ4n) is 1.49. The van der Waals surface area contributed by atoms with Gasteiger partial charge in [-0.2, -0.15) is 11.8 Å². The molecule has 0 aromatic heterocycles. The average molecular weight is 290 g/mol. The number of hydrogen-bond donors (Lipinski definition) is 3. The highest BCUT2D eigenvalue weighted by Crippen LogP contribution is 2.15. The first-order chi connectivity index (χ1) is 8.97. The third kappa shape index (κ3) is 4.68. The molecular weight excluding hydrogens is 274 g/mol. The fraction of sp³-hybridized carbons (Fsp3) is 0.417. The maximum atomic E-state index is 13.3. The zero-order valence-corrected chi connectivity index (χ0v) is 11.4. The number of nitrogens with one attached hydrogen (secondary N) is 2. The summed E-state index contributed by atoms with van der Waals surface area (Å²) in [7, 11) is 0. The second-order valence-electron chi connectivity index (χ2n) is 3.97. The van der Waals surface area contributed by atoms with E-state index in [0.29, 0.717) is 0 Å². The van der Waals surface area contributed by atoms with Crippen molar-refractivity contribution in [2.75, 3.05) is 18.2 Å². The minimum absolute atomic E-state index is 0.0864. The van der Waals surface area contributed by atoms with Gasteiger partial charge in [-0.3, -0.25) is 0 Å². The number of aliphatic hydroxyl groups excluding tert-OH is 1. The van der Waals surface area contributed by atoms with Gasteiger partial charge in [0.05, 0.1) is 12.3 Å². The normalized spacial score (nSPS) is 13.7. The Kier molecular flexibility index (Phi) is 6.04. The third-order valence-corrected chi connectivity index (χ3v) is 3.74. The van der Waals surface area contributed by atoms with E-state index in [9.17, 15) is 13.6 Å². The van der Waals surface area contributed by atoms with Crippen LogP contribution in [0.5, 0.6) is 0 Å². The van der Waals surface area contributed by atoms with E-state index in [-0.39, 0.29) is 23.6 Å². The number of anilines is 1. The smallest absolute Gasteiger partial charge is 0.319 e. The predicted molar refractivity (Wildman–Crippen MR) is 72.4 cm³/mol. The van der Waals surface area contributed by atoms with Crippen molar-refractivity contribution in [3.05, 3.63) is 29.8 Å². The standard InChI is InChI=1S/C12H16F2N2O2S/c1-7(11(6-17)19-2)15-12(18)16-10-5-8(13)3-4-9(10)14/h3-5,7,11,17H,6H2,1-2H3,(H2,15,16,18). The maximum absolute atomic E-state index is 13.3. The summed E-state index contributed by atoms with van der Waals surface area (Å²) in [5.41, 5.74) is -0.227. The van der Waals surface area contributed by atoms with Gasteiger partial charge < -0.3 is 15.7 Å². The highest BCUT2D eigenvalue weighted by molar-refractivity contribution is 7.99. The van der Waals surface area contributed by atoms with Gasteiger partial charge in [-0.1, -0.05) is 0 Å². The van der Waals surface area contributed by atoms with Crippen molar-refractivity contribution in [1.82, 2.24) is 5.32 Å². The van der Waals surface area contributed by atoms with E-state index in [2.05, 4.69) is 10.6 Å². The first-order valence-electron chi connectivity index (χ1n) is 5.64. The van der Waals surface area contributed by atoms with Crippen molar-refractivity contribution in [1.29, 1.82) is 0 Å². The molecule has 106 valence electrons. The van der Waals surface area contributed by atoms with Crippen LogP contribution in [0.15, 0.2) is 18.2 Å². The van der Waals surface area contributed by atoms with Gasteiger partial charge in [-0.25, -0.2) is 13.6 Å². The van der Waals surface area contributed by atoms with Crippen LogP contribution < -0.4 is 10.6 Å². The number of rotatable bonds is 5. The Hall–Kier alpha value is -1.34. The number of thioether (sulfide) groups is 1. The van der Waals surface area contributed by atoms with E-state index in [1.165, 1.54) is 11.8 Å². The van der Waals surface area contributed by atoms with E-state index < -0.39 is 17.7 Å². The first-order valence-corrected chi connectivity index (χ1v) is 6.93. The molecule has 1 aromatic carbocycles. The van der Waals surface area contributed by atoms with Crippen molar-refractivity contribution < 1.29 is 18.7 Å². The second kappa shape index (κ2) is 7.30. The molecule has 19 heavy (non-hydrogen) atoms. The van der Waals surface area contributed by atoms with Crippen LogP contribution in [0.25, 0.3) is 0 Å². The lowest BCUT2D eigenvalue weighted by Crippen LogP contribution is -2.43. The van der Waals surface area contributed by atoms with E-state index in [4.69, 9.17) is 5.11 Å². The lowest BCUT2D eigenvalue weighted by atomic mass is 10.2. The third-order valence-electron chi connectivity index (χ3n) is 2.58. The molecule has 0 fully saturated rings. The van der Waals surface area contributed by atoms with Crippen molar-refractivity contribution in [3.63, 3.8) is 0 Å². The highest BCUT2D eigenvalue weighted by Gasteiger charge is 2.18. The molecule has 2 unspecified atom stereocenters. The second-order valence-corrected chi connectivity index (χ2v) is 5.04. The fourth-order valence-corrected chi connectivity index (χ4v) is 2.11. The van der Waals surface area contributed by atoms with E-state index in [0.717, 1.165) is 18.2 Å². The molecule has 0 saturated heterocycles. The Morgan fingerprint density at radius 2 is 2.16 bits per heavy atom. The molecule has 2 atom stereocenters. The van der Waals surface area contributed by atoms with Crippen molar-refractivity contribution >= 4 is 23.5 Å². The predicted octanol–water partition coefficient (Wildman–Crippen LogP) is 2.20. The van der Waals surface area contributed by atoms with E-state index in [1.807, 2.05) is 6.26 Å². The van der Waals surface area contributed by atoms with E-state index >= 15 is 0 Å². The van der Waals surface area contributed by atoms with Crippen molar-refractivity contribution in [2.45, 2.75) is 18.2 Å². The summed E-state index contributed by atoms with van der Waals surface area (Å²) in [6.45, 7) is 1.63. The number of halogens is 2. The summed E-state index contributed by atoms with van der Waals surface area (Å²) in [6, 6.07) is 1.85. The lowest BCUT2D eigenvalue weighted by Gasteiger charge is -2.21. The number of urea groups is 1. The van der Waals surface area contributed by atoms with Crippen LogP contribution in [0, 0.1) is 11.6 Å². The Labute approximate surface area is 114 Å².